The fraction of sp³-hybridized carbons (Fsp3) is 0.0189. The topological polar surface area (TPSA) is 6.48 Å². The van der Waals surface area contributed by atoms with Crippen molar-refractivity contribution in [3.8, 4) is 22.3 Å². The molecule has 1 unspecified atom stereocenters. The van der Waals surface area contributed by atoms with E-state index in [-0.39, 0.29) is 0 Å². The SMILES string of the molecule is c1ccc(N(c2ccccc2)c2cccc3c2-c2ccccc2C32c3ccccc3-c3ccc(N(c4ccccc4)c4cccc5ccccc45)cc32)cc1. The highest BCUT2D eigenvalue weighted by molar-refractivity contribution is 6.03. The Bertz CT molecular complexity index is 2840. The first-order valence-electron chi connectivity index (χ1n) is 19.0. The van der Waals surface area contributed by atoms with Gasteiger partial charge >= 0.3 is 0 Å². The fourth-order valence-electron chi connectivity index (χ4n) is 9.47. The molecule has 55 heavy (non-hydrogen) atoms. The quantitative estimate of drug-likeness (QED) is 0.170. The van der Waals surface area contributed by atoms with Gasteiger partial charge in [-0.25, -0.2) is 0 Å². The number of hydrogen-bond donors (Lipinski definition) is 0. The molecule has 0 amide bonds. The third-order valence-corrected chi connectivity index (χ3v) is 11.6. The number of benzene rings is 9. The van der Waals surface area contributed by atoms with Crippen molar-refractivity contribution in [3.05, 3.63) is 241 Å². The van der Waals surface area contributed by atoms with Crippen LogP contribution in [0.5, 0.6) is 0 Å². The van der Waals surface area contributed by atoms with E-state index in [2.05, 4.69) is 228 Å². The van der Waals surface area contributed by atoms with Gasteiger partial charge in [0, 0.05) is 33.7 Å². The normalized spacial score (nSPS) is 14.6. The third-order valence-electron chi connectivity index (χ3n) is 11.6. The van der Waals surface area contributed by atoms with Crippen LogP contribution >= 0.6 is 0 Å². The van der Waals surface area contributed by atoms with Gasteiger partial charge in [0.1, 0.15) is 0 Å². The van der Waals surface area contributed by atoms with Crippen LogP contribution in [0, 0.1) is 0 Å². The first-order chi connectivity index (χ1) is 27.3. The molecule has 0 N–H and O–H groups in total. The molecule has 0 aromatic heterocycles. The number of fused-ring (bicyclic) bond motifs is 11. The maximum absolute atomic E-state index is 2.48. The van der Waals surface area contributed by atoms with E-state index in [1.165, 1.54) is 61.0 Å². The van der Waals surface area contributed by atoms with Gasteiger partial charge in [0.15, 0.2) is 0 Å². The van der Waals surface area contributed by atoms with E-state index < -0.39 is 5.41 Å². The second-order valence-corrected chi connectivity index (χ2v) is 14.4. The van der Waals surface area contributed by atoms with Crippen LogP contribution in [0.25, 0.3) is 33.0 Å². The standard InChI is InChI=1S/C53H36N2/c1-4-20-38(21-5-1)54(39-22-6-2-7-23-39)51-33-17-31-48-52(51)45-28-13-15-30-47(45)53(48)46-29-14-12-27-43(46)44-35-34-41(36-49(44)53)55(40-24-8-3-9-25-40)50-32-16-19-37-18-10-11-26-42(37)50/h1-36H. The van der Waals surface area contributed by atoms with Crippen molar-refractivity contribution in [3.63, 3.8) is 0 Å². The van der Waals surface area contributed by atoms with Gasteiger partial charge in [-0.05, 0) is 105 Å². The second kappa shape index (κ2) is 12.5. The van der Waals surface area contributed by atoms with E-state index in [0.29, 0.717) is 0 Å². The molecule has 0 saturated heterocycles. The first kappa shape index (κ1) is 31.4. The molecule has 2 aliphatic rings. The molecule has 0 fully saturated rings. The number of rotatable bonds is 6. The van der Waals surface area contributed by atoms with Crippen molar-refractivity contribution in [2.45, 2.75) is 5.41 Å². The van der Waals surface area contributed by atoms with Crippen molar-refractivity contribution < 1.29 is 0 Å². The van der Waals surface area contributed by atoms with Gasteiger partial charge in [0.25, 0.3) is 0 Å². The van der Waals surface area contributed by atoms with Crippen LogP contribution < -0.4 is 9.80 Å². The Morgan fingerprint density at radius 3 is 1.45 bits per heavy atom. The van der Waals surface area contributed by atoms with Crippen molar-refractivity contribution in [2.75, 3.05) is 9.80 Å². The molecule has 0 saturated carbocycles. The minimum absolute atomic E-state index is 0.524. The number of hydrogen-bond acceptors (Lipinski definition) is 2. The molecule has 0 radical (unpaired) electrons. The van der Waals surface area contributed by atoms with Gasteiger partial charge in [0.2, 0.25) is 0 Å². The highest BCUT2D eigenvalue weighted by Gasteiger charge is 2.52. The number of para-hydroxylation sites is 3. The molecule has 1 spiro atoms. The van der Waals surface area contributed by atoms with Crippen LogP contribution in [0.15, 0.2) is 218 Å². The van der Waals surface area contributed by atoms with Crippen molar-refractivity contribution in [1.29, 1.82) is 0 Å². The van der Waals surface area contributed by atoms with Crippen LogP contribution in [0.2, 0.25) is 0 Å². The third kappa shape index (κ3) is 4.62. The molecule has 0 aliphatic heterocycles. The van der Waals surface area contributed by atoms with Gasteiger partial charge < -0.3 is 9.80 Å². The lowest BCUT2D eigenvalue weighted by Crippen LogP contribution is -2.26. The fourth-order valence-corrected chi connectivity index (χ4v) is 9.47. The van der Waals surface area contributed by atoms with Crippen molar-refractivity contribution in [1.82, 2.24) is 0 Å². The molecule has 2 heteroatoms. The van der Waals surface area contributed by atoms with Crippen molar-refractivity contribution >= 4 is 44.9 Å². The Kier molecular flexibility index (Phi) is 7.11. The lowest BCUT2D eigenvalue weighted by molar-refractivity contribution is 0.793. The average molecular weight is 701 g/mol. The average Bonchev–Trinajstić information content (AvgIpc) is 3.73. The van der Waals surface area contributed by atoms with Gasteiger partial charge in [-0.1, -0.05) is 158 Å². The summed E-state index contributed by atoms with van der Waals surface area (Å²) in [5, 5.41) is 2.44. The van der Waals surface area contributed by atoms with E-state index in [4.69, 9.17) is 0 Å². The highest BCUT2D eigenvalue weighted by atomic mass is 15.2. The summed E-state index contributed by atoms with van der Waals surface area (Å²) < 4.78 is 0. The molecular formula is C53H36N2. The van der Waals surface area contributed by atoms with Crippen LogP contribution in [0.1, 0.15) is 22.3 Å². The molecule has 2 aliphatic carbocycles. The molecule has 9 aromatic rings. The molecule has 0 bridgehead atoms. The largest absolute Gasteiger partial charge is 0.310 e. The van der Waals surface area contributed by atoms with E-state index in [9.17, 15) is 0 Å². The van der Waals surface area contributed by atoms with Gasteiger partial charge in [-0.3, -0.25) is 0 Å². The molecule has 9 aromatic carbocycles. The summed E-state index contributed by atoms with van der Waals surface area (Å²) in [6, 6.07) is 79.9. The van der Waals surface area contributed by atoms with Crippen LogP contribution in [0.4, 0.5) is 34.1 Å². The number of anilines is 6. The summed E-state index contributed by atoms with van der Waals surface area (Å²) in [5.74, 6) is 0. The minimum atomic E-state index is -0.524. The lowest BCUT2D eigenvalue weighted by atomic mass is 9.70. The maximum atomic E-state index is 2.48. The molecule has 1 atom stereocenters. The predicted octanol–water partition coefficient (Wildman–Crippen LogP) is 14.1. The number of nitrogens with zero attached hydrogens (tertiary/aromatic N) is 2. The van der Waals surface area contributed by atoms with Crippen LogP contribution in [-0.4, -0.2) is 0 Å². The summed E-state index contributed by atoms with van der Waals surface area (Å²) in [6.07, 6.45) is 0. The molecular weight excluding hydrogens is 665 g/mol. The Labute approximate surface area is 321 Å². The summed E-state index contributed by atoms with van der Waals surface area (Å²) in [7, 11) is 0. The van der Waals surface area contributed by atoms with E-state index in [0.717, 1.165) is 28.4 Å². The predicted molar refractivity (Wildman–Crippen MR) is 230 cm³/mol. The van der Waals surface area contributed by atoms with Gasteiger partial charge in [-0.2, -0.15) is 0 Å². The summed E-state index contributed by atoms with van der Waals surface area (Å²) >= 11 is 0. The summed E-state index contributed by atoms with van der Waals surface area (Å²) in [6.45, 7) is 0. The molecule has 2 nitrogen and oxygen atoms in total. The summed E-state index contributed by atoms with van der Waals surface area (Å²) in [4.78, 5) is 4.86. The van der Waals surface area contributed by atoms with E-state index >= 15 is 0 Å². The zero-order valence-corrected chi connectivity index (χ0v) is 30.2. The minimum Gasteiger partial charge on any atom is -0.310 e. The van der Waals surface area contributed by atoms with Crippen molar-refractivity contribution in [2.24, 2.45) is 0 Å². The Hall–Kier alpha value is -7.16. The van der Waals surface area contributed by atoms with Crippen LogP contribution in [0.3, 0.4) is 0 Å². The molecule has 258 valence electrons. The van der Waals surface area contributed by atoms with E-state index in [1.54, 1.807) is 0 Å². The first-order valence-corrected chi connectivity index (χ1v) is 19.0. The lowest BCUT2D eigenvalue weighted by Gasteiger charge is -2.33. The van der Waals surface area contributed by atoms with Crippen LogP contribution in [-0.2, 0) is 5.41 Å². The monoisotopic (exact) mass is 700 g/mol. The molecule has 11 rings (SSSR count). The van der Waals surface area contributed by atoms with E-state index in [1.807, 2.05) is 0 Å². The highest BCUT2D eigenvalue weighted by Crippen LogP contribution is 2.65. The van der Waals surface area contributed by atoms with Gasteiger partial charge in [0.05, 0.1) is 16.8 Å². The zero-order chi connectivity index (χ0) is 36.3. The Morgan fingerprint density at radius 1 is 0.291 bits per heavy atom. The smallest absolute Gasteiger partial charge is 0.0727 e. The summed E-state index contributed by atoms with van der Waals surface area (Å²) in [5.41, 5.74) is 16.7. The van der Waals surface area contributed by atoms with Gasteiger partial charge in [-0.15, -0.1) is 0 Å². The second-order valence-electron chi connectivity index (χ2n) is 14.4. The molecule has 0 heterocycles. The Balaban J connectivity index is 1.21. The Morgan fingerprint density at radius 2 is 0.764 bits per heavy atom. The maximum Gasteiger partial charge on any atom is 0.0727 e. The zero-order valence-electron chi connectivity index (χ0n) is 30.2.